The highest BCUT2D eigenvalue weighted by Gasteiger charge is 1.90. The summed E-state index contributed by atoms with van der Waals surface area (Å²) in [5.41, 5.74) is 0. The second-order valence-electron chi connectivity index (χ2n) is 1.82. The third kappa shape index (κ3) is 5.18. The summed E-state index contributed by atoms with van der Waals surface area (Å²) in [5.74, 6) is -0.643. The number of hydrogen-bond acceptors (Lipinski definition) is 2. The number of hydrogen-bond donors (Lipinski definition) is 0. The van der Waals surface area contributed by atoms with Gasteiger partial charge in [-0.15, -0.1) is 9.98 Å². The van der Waals surface area contributed by atoms with Gasteiger partial charge in [-0.3, -0.25) is 9.59 Å². The van der Waals surface area contributed by atoms with Crippen LogP contribution in [0.1, 0.15) is 26.7 Å². The van der Waals surface area contributed by atoms with Crippen LogP contribution in [0.5, 0.6) is 0 Å². The van der Waals surface area contributed by atoms with Crippen molar-refractivity contribution >= 4 is 17.8 Å². The van der Waals surface area contributed by atoms with Gasteiger partial charge in [0.1, 0.15) is 6.01 Å². The third-order valence-corrected chi connectivity index (χ3v) is 0.954. The molecule has 0 aromatic rings. The van der Waals surface area contributed by atoms with Crippen molar-refractivity contribution in [2.75, 3.05) is 0 Å². The molecule has 11 heavy (non-hydrogen) atoms. The minimum Gasteiger partial charge on any atom is -0.272 e. The van der Waals surface area contributed by atoms with Crippen LogP contribution in [0.15, 0.2) is 9.98 Å². The molecule has 0 bridgehead atoms. The molecule has 4 heteroatoms. The maximum atomic E-state index is 10.5. The van der Waals surface area contributed by atoms with Crippen LogP contribution in [0, 0.1) is 0 Å². The Labute approximate surface area is 65.0 Å². The molecular weight excluding hydrogens is 144 g/mol. The van der Waals surface area contributed by atoms with Crippen LogP contribution in [0.3, 0.4) is 0 Å². The fraction of sp³-hybridized carbons (Fsp3) is 0.571. The summed E-state index contributed by atoms with van der Waals surface area (Å²) >= 11 is 0. The molecule has 0 radical (unpaired) electrons. The van der Waals surface area contributed by atoms with E-state index in [1.807, 2.05) is 6.01 Å². The fourth-order valence-electron chi connectivity index (χ4n) is 0.295. The minimum absolute atomic E-state index is 0.308. The van der Waals surface area contributed by atoms with Crippen LogP contribution < -0.4 is 0 Å². The van der Waals surface area contributed by atoms with E-state index in [2.05, 4.69) is 9.98 Å². The van der Waals surface area contributed by atoms with Gasteiger partial charge < -0.3 is 0 Å². The monoisotopic (exact) mass is 154 g/mol. The van der Waals surface area contributed by atoms with Crippen molar-refractivity contribution in [3.63, 3.8) is 0 Å². The van der Waals surface area contributed by atoms with Gasteiger partial charge in [-0.05, 0) is 0 Å². The van der Waals surface area contributed by atoms with Gasteiger partial charge in [0.15, 0.2) is 0 Å². The molecule has 2 amide bonds. The molecule has 0 aliphatic heterocycles. The SMILES string of the molecule is CCC(=O)N=C=NC(=O)CC. The zero-order valence-electron chi connectivity index (χ0n) is 6.63. The first-order valence-corrected chi connectivity index (χ1v) is 3.42. The van der Waals surface area contributed by atoms with Gasteiger partial charge in [-0.1, -0.05) is 13.8 Å². The van der Waals surface area contributed by atoms with E-state index in [0.29, 0.717) is 12.8 Å². The molecule has 0 rings (SSSR count). The van der Waals surface area contributed by atoms with E-state index < -0.39 is 0 Å². The molecule has 0 saturated heterocycles. The highest BCUT2D eigenvalue weighted by atomic mass is 16.2. The van der Waals surface area contributed by atoms with Gasteiger partial charge in [0.2, 0.25) is 0 Å². The first kappa shape index (κ1) is 9.72. The Kier molecular flexibility index (Phi) is 4.86. The van der Waals surface area contributed by atoms with Gasteiger partial charge in [0, 0.05) is 12.8 Å². The van der Waals surface area contributed by atoms with E-state index in [4.69, 9.17) is 0 Å². The van der Waals surface area contributed by atoms with Crippen molar-refractivity contribution < 1.29 is 9.59 Å². The Hall–Kier alpha value is -1.28. The number of nitrogens with zero attached hydrogens (tertiary/aromatic N) is 2. The van der Waals surface area contributed by atoms with Crippen molar-refractivity contribution in [1.29, 1.82) is 0 Å². The largest absolute Gasteiger partial charge is 0.272 e. The maximum Gasteiger partial charge on any atom is 0.254 e. The van der Waals surface area contributed by atoms with Crippen molar-refractivity contribution in [3.8, 4) is 0 Å². The summed E-state index contributed by atoms with van der Waals surface area (Å²) in [6.45, 7) is 3.35. The summed E-state index contributed by atoms with van der Waals surface area (Å²) < 4.78 is 0. The maximum absolute atomic E-state index is 10.5. The van der Waals surface area contributed by atoms with Crippen molar-refractivity contribution in [2.45, 2.75) is 26.7 Å². The molecule has 0 aliphatic rings. The first-order chi connectivity index (χ1) is 5.20. The van der Waals surface area contributed by atoms with E-state index in [-0.39, 0.29) is 11.8 Å². The molecule has 0 atom stereocenters. The Morgan fingerprint density at radius 2 is 1.45 bits per heavy atom. The molecular formula is C7H10N2O2. The quantitative estimate of drug-likeness (QED) is 0.558. The van der Waals surface area contributed by atoms with Crippen LogP contribution in [-0.2, 0) is 9.59 Å². The summed E-state index contributed by atoms with van der Waals surface area (Å²) in [6, 6.07) is 2.04. The smallest absolute Gasteiger partial charge is 0.254 e. The van der Waals surface area contributed by atoms with Gasteiger partial charge in [-0.2, -0.15) is 0 Å². The number of carbonyl (C=O) groups excluding carboxylic acids is 2. The molecule has 0 aliphatic carbocycles. The van der Waals surface area contributed by atoms with Crippen LogP contribution >= 0.6 is 0 Å². The molecule has 0 aromatic heterocycles. The van der Waals surface area contributed by atoms with Crippen LogP contribution in [-0.4, -0.2) is 17.8 Å². The molecule has 0 fully saturated rings. The van der Waals surface area contributed by atoms with Gasteiger partial charge in [-0.25, -0.2) is 0 Å². The zero-order valence-corrected chi connectivity index (χ0v) is 6.63. The third-order valence-electron chi connectivity index (χ3n) is 0.954. The Bertz CT molecular complexity index is 194. The first-order valence-electron chi connectivity index (χ1n) is 3.42. The summed E-state index contributed by atoms with van der Waals surface area (Å²) in [6.07, 6.45) is 0.617. The Balaban J connectivity index is 4.00. The molecule has 0 aromatic carbocycles. The lowest BCUT2D eigenvalue weighted by atomic mass is 10.5. The van der Waals surface area contributed by atoms with Crippen LogP contribution in [0.25, 0.3) is 0 Å². The predicted molar refractivity (Wildman–Crippen MR) is 40.5 cm³/mol. The Morgan fingerprint density at radius 3 is 1.73 bits per heavy atom. The fourth-order valence-corrected chi connectivity index (χ4v) is 0.295. The Morgan fingerprint density at radius 1 is 1.09 bits per heavy atom. The van der Waals surface area contributed by atoms with Crippen molar-refractivity contribution in [1.82, 2.24) is 0 Å². The topological polar surface area (TPSA) is 58.9 Å². The highest BCUT2D eigenvalue weighted by molar-refractivity contribution is 5.87. The number of carbonyl (C=O) groups is 2. The van der Waals surface area contributed by atoms with E-state index in [1.54, 1.807) is 13.8 Å². The molecule has 0 saturated carbocycles. The molecule has 0 unspecified atom stereocenters. The van der Waals surface area contributed by atoms with E-state index in [9.17, 15) is 9.59 Å². The summed E-state index contributed by atoms with van der Waals surface area (Å²) in [5, 5.41) is 0. The standard InChI is InChI=1S/C7H10N2O2/c1-3-6(10)8-5-9-7(11)4-2/h3-4H2,1-2H3. The average Bonchev–Trinajstić information content (AvgIpc) is 2.04. The normalized spacial score (nSPS) is 8.18. The predicted octanol–water partition coefficient (Wildman–Crippen LogP) is 1.03. The summed E-state index contributed by atoms with van der Waals surface area (Å²) in [7, 11) is 0. The van der Waals surface area contributed by atoms with Gasteiger partial charge in [0.25, 0.3) is 11.8 Å². The molecule has 4 nitrogen and oxygen atoms in total. The minimum atomic E-state index is -0.322. The summed E-state index contributed by atoms with van der Waals surface area (Å²) in [4.78, 5) is 27.5. The van der Waals surface area contributed by atoms with Crippen LogP contribution in [0.4, 0.5) is 0 Å². The highest BCUT2D eigenvalue weighted by Crippen LogP contribution is 1.81. The second kappa shape index (κ2) is 5.50. The molecule has 0 heterocycles. The van der Waals surface area contributed by atoms with Crippen molar-refractivity contribution in [2.24, 2.45) is 9.98 Å². The van der Waals surface area contributed by atoms with Gasteiger partial charge in [0.05, 0.1) is 0 Å². The lowest BCUT2D eigenvalue weighted by Crippen LogP contribution is -1.89. The number of aliphatic imine (C=N–C) groups is 2. The zero-order chi connectivity index (χ0) is 8.69. The van der Waals surface area contributed by atoms with Gasteiger partial charge >= 0.3 is 0 Å². The number of amides is 2. The average molecular weight is 154 g/mol. The van der Waals surface area contributed by atoms with Crippen molar-refractivity contribution in [3.05, 3.63) is 0 Å². The second-order valence-corrected chi connectivity index (χ2v) is 1.82. The lowest BCUT2D eigenvalue weighted by molar-refractivity contribution is -0.117. The van der Waals surface area contributed by atoms with E-state index >= 15 is 0 Å². The molecule has 0 spiro atoms. The molecule has 0 N–H and O–H groups in total. The lowest BCUT2D eigenvalue weighted by Gasteiger charge is -1.79. The van der Waals surface area contributed by atoms with E-state index in [1.165, 1.54) is 0 Å². The number of rotatable bonds is 2. The van der Waals surface area contributed by atoms with E-state index in [0.717, 1.165) is 0 Å². The molecule has 60 valence electrons. The van der Waals surface area contributed by atoms with Crippen LogP contribution in [0.2, 0.25) is 0 Å².